The minimum atomic E-state index is -0.319. The normalized spacial score (nSPS) is 11.2. The zero-order valence-corrected chi connectivity index (χ0v) is 10.8. The van der Waals surface area contributed by atoms with Crippen LogP contribution in [0.15, 0.2) is 24.3 Å². The van der Waals surface area contributed by atoms with Gasteiger partial charge in [0.2, 0.25) is 5.91 Å². The fourth-order valence-electron chi connectivity index (χ4n) is 1.24. The Kier molecular flexibility index (Phi) is 4.36. The Morgan fingerprint density at radius 1 is 1.25 bits per heavy atom. The van der Waals surface area contributed by atoms with Crippen LogP contribution in [0.5, 0.6) is 0 Å². The first kappa shape index (κ1) is 13.0. The molecule has 1 amide bonds. The lowest BCUT2D eigenvalue weighted by atomic mass is 9.95. The molecule has 3 heteroatoms. The van der Waals surface area contributed by atoms with E-state index in [1.54, 1.807) is 0 Å². The number of nitrogens with one attached hydrogen (secondary N) is 1. The van der Waals surface area contributed by atoms with Crippen molar-refractivity contribution in [2.24, 2.45) is 5.41 Å². The highest BCUT2D eigenvalue weighted by Crippen LogP contribution is 2.13. The Morgan fingerprint density at radius 2 is 1.81 bits per heavy atom. The summed E-state index contributed by atoms with van der Waals surface area (Å²) in [7, 11) is 0. The summed E-state index contributed by atoms with van der Waals surface area (Å²) in [5.41, 5.74) is 0.860. The lowest BCUT2D eigenvalue weighted by Gasteiger charge is -2.17. The van der Waals surface area contributed by atoms with E-state index in [9.17, 15) is 4.79 Å². The fourth-order valence-corrected chi connectivity index (χ4v) is 1.36. The molecule has 16 heavy (non-hydrogen) atoms. The molecule has 0 atom stereocenters. The number of carbonyl (C=O) groups is 1. The van der Waals surface area contributed by atoms with Gasteiger partial charge in [-0.1, -0.05) is 44.5 Å². The second-order valence-corrected chi connectivity index (χ2v) is 5.32. The molecule has 2 nitrogen and oxygen atoms in total. The predicted molar refractivity (Wildman–Crippen MR) is 67.6 cm³/mol. The Morgan fingerprint density at radius 3 is 2.31 bits per heavy atom. The minimum Gasteiger partial charge on any atom is -0.355 e. The molecule has 1 aromatic rings. The molecule has 0 spiro atoms. The molecule has 0 unspecified atom stereocenters. The van der Waals surface area contributed by atoms with Gasteiger partial charge in [0, 0.05) is 17.0 Å². The molecule has 0 aliphatic rings. The molecule has 0 radical (unpaired) electrons. The summed E-state index contributed by atoms with van der Waals surface area (Å²) in [6.07, 6.45) is 0.832. The maximum atomic E-state index is 11.6. The first-order valence-corrected chi connectivity index (χ1v) is 5.80. The van der Waals surface area contributed by atoms with Crippen LogP contribution in [0.3, 0.4) is 0 Å². The maximum absolute atomic E-state index is 11.6. The van der Waals surface area contributed by atoms with Gasteiger partial charge in [0.1, 0.15) is 0 Å². The van der Waals surface area contributed by atoms with Crippen LogP contribution in [0.1, 0.15) is 26.3 Å². The molecule has 0 heterocycles. The topological polar surface area (TPSA) is 29.1 Å². The average Bonchev–Trinajstić information content (AvgIpc) is 2.19. The van der Waals surface area contributed by atoms with E-state index < -0.39 is 0 Å². The number of carbonyl (C=O) groups excluding carboxylic acids is 1. The molecule has 0 aliphatic carbocycles. The Labute approximate surface area is 102 Å². The van der Waals surface area contributed by atoms with Crippen LogP contribution in [0.2, 0.25) is 5.02 Å². The van der Waals surface area contributed by atoms with E-state index in [2.05, 4.69) is 5.32 Å². The second-order valence-electron chi connectivity index (χ2n) is 4.88. The summed E-state index contributed by atoms with van der Waals surface area (Å²) < 4.78 is 0. The quantitative estimate of drug-likeness (QED) is 0.863. The molecule has 0 saturated heterocycles. The van der Waals surface area contributed by atoms with Gasteiger partial charge < -0.3 is 5.32 Å². The van der Waals surface area contributed by atoms with Gasteiger partial charge in [-0.2, -0.15) is 0 Å². The highest BCUT2D eigenvalue weighted by molar-refractivity contribution is 6.30. The van der Waals surface area contributed by atoms with Crippen molar-refractivity contribution in [2.75, 3.05) is 6.54 Å². The standard InChI is InChI=1S/C13H18ClNO/c1-13(2,3)12(16)15-9-8-10-4-6-11(14)7-5-10/h4-7H,8-9H2,1-3H3,(H,15,16). The highest BCUT2D eigenvalue weighted by Gasteiger charge is 2.20. The molecule has 0 aliphatic heterocycles. The third kappa shape index (κ3) is 4.23. The van der Waals surface area contributed by atoms with Crippen molar-refractivity contribution < 1.29 is 4.79 Å². The van der Waals surface area contributed by atoms with Gasteiger partial charge in [0.25, 0.3) is 0 Å². The number of hydrogen-bond acceptors (Lipinski definition) is 1. The third-order valence-electron chi connectivity index (χ3n) is 2.29. The zero-order chi connectivity index (χ0) is 12.2. The first-order valence-electron chi connectivity index (χ1n) is 5.42. The lowest BCUT2D eigenvalue weighted by molar-refractivity contribution is -0.128. The Balaban J connectivity index is 2.36. The monoisotopic (exact) mass is 239 g/mol. The largest absolute Gasteiger partial charge is 0.355 e. The van der Waals surface area contributed by atoms with E-state index in [-0.39, 0.29) is 11.3 Å². The predicted octanol–water partition coefficient (Wildman–Crippen LogP) is 3.04. The van der Waals surface area contributed by atoms with Crippen molar-refractivity contribution in [1.29, 1.82) is 0 Å². The summed E-state index contributed by atoms with van der Waals surface area (Å²) in [6, 6.07) is 7.68. The third-order valence-corrected chi connectivity index (χ3v) is 2.55. The summed E-state index contributed by atoms with van der Waals surface area (Å²) >= 11 is 5.79. The average molecular weight is 240 g/mol. The van der Waals surface area contributed by atoms with Crippen molar-refractivity contribution in [3.05, 3.63) is 34.9 Å². The summed E-state index contributed by atoms with van der Waals surface area (Å²) in [5, 5.41) is 3.65. The van der Waals surface area contributed by atoms with Gasteiger partial charge in [-0.3, -0.25) is 4.79 Å². The lowest BCUT2D eigenvalue weighted by Crippen LogP contribution is -2.35. The van der Waals surface area contributed by atoms with E-state index in [0.29, 0.717) is 6.54 Å². The van der Waals surface area contributed by atoms with E-state index in [4.69, 9.17) is 11.6 Å². The van der Waals surface area contributed by atoms with Crippen LogP contribution in [0.4, 0.5) is 0 Å². The smallest absolute Gasteiger partial charge is 0.225 e. The van der Waals surface area contributed by atoms with Crippen LogP contribution in [0, 0.1) is 5.41 Å². The summed E-state index contributed by atoms with van der Waals surface area (Å²) in [4.78, 5) is 11.6. The van der Waals surface area contributed by atoms with E-state index in [0.717, 1.165) is 11.4 Å². The molecule has 0 bridgehead atoms. The highest BCUT2D eigenvalue weighted by atomic mass is 35.5. The zero-order valence-electron chi connectivity index (χ0n) is 10.0. The first-order chi connectivity index (χ1) is 7.39. The Hall–Kier alpha value is -1.02. The molecule has 0 aromatic heterocycles. The van der Waals surface area contributed by atoms with E-state index in [1.807, 2.05) is 45.0 Å². The van der Waals surface area contributed by atoms with Crippen LogP contribution < -0.4 is 5.32 Å². The molecule has 1 N–H and O–H groups in total. The molecular weight excluding hydrogens is 222 g/mol. The van der Waals surface area contributed by atoms with Crippen molar-refractivity contribution in [3.8, 4) is 0 Å². The molecule has 0 saturated carbocycles. The van der Waals surface area contributed by atoms with Gasteiger partial charge in [-0.25, -0.2) is 0 Å². The van der Waals surface area contributed by atoms with Crippen LogP contribution in [-0.2, 0) is 11.2 Å². The number of rotatable bonds is 3. The molecule has 88 valence electrons. The maximum Gasteiger partial charge on any atom is 0.225 e. The number of amides is 1. The van der Waals surface area contributed by atoms with Gasteiger partial charge >= 0.3 is 0 Å². The Bertz CT molecular complexity index is 351. The minimum absolute atomic E-state index is 0.0847. The van der Waals surface area contributed by atoms with Crippen LogP contribution >= 0.6 is 11.6 Å². The van der Waals surface area contributed by atoms with Gasteiger partial charge in [0.05, 0.1) is 0 Å². The fraction of sp³-hybridized carbons (Fsp3) is 0.462. The number of halogens is 1. The van der Waals surface area contributed by atoms with Crippen molar-refractivity contribution in [3.63, 3.8) is 0 Å². The SMILES string of the molecule is CC(C)(C)C(=O)NCCc1ccc(Cl)cc1. The molecular formula is C13H18ClNO. The van der Waals surface area contributed by atoms with Crippen molar-refractivity contribution >= 4 is 17.5 Å². The van der Waals surface area contributed by atoms with Gasteiger partial charge in [-0.05, 0) is 24.1 Å². The van der Waals surface area contributed by atoms with Crippen molar-refractivity contribution in [1.82, 2.24) is 5.32 Å². The van der Waals surface area contributed by atoms with E-state index in [1.165, 1.54) is 5.56 Å². The summed E-state index contributed by atoms with van der Waals surface area (Å²) in [5.74, 6) is 0.0847. The van der Waals surface area contributed by atoms with Crippen LogP contribution in [-0.4, -0.2) is 12.5 Å². The van der Waals surface area contributed by atoms with Crippen molar-refractivity contribution in [2.45, 2.75) is 27.2 Å². The molecule has 1 rings (SSSR count). The van der Waals surface area contributed by atoms with E-state index >= 15 is 0 Å². The second kappa shape index (κ2) is 5.35. The van der Waals surface area contributed by atoms with Crippen LogP contribution in [0.25, 0.3) is 0 Å². The van der Waals surface area contributed by atoms with Gasteiger partial charge in [-0.15, -0.1) is 0 Å². The number of benzene rings is 1. The number of hydrogen-bond donors (Lipinski definition) is 1. The molecule has 0 fully saturated rings. The van der Waals surface area contributed by atoms with Gasteiger partial charge in [0.15, 0.2) is 0 Å². The summed E-state index contributed by atoms with van der Waals surface area (Å²) in [6.45, 7) is 6.39. The molecule has 1 aromatic carbocycles.